The zero-order valence-corrected chi connectivity index (χ0v) is 11.6. The lowest BCUT2D eigenvalue weighted by molar-refractivity contribution is -0.115. The van der Waals surface area contributed by atoms with Crippen LogP contribution in [0.5, 0.6) is 0 Å². The molecule has 0 saturated carbocycles. The second-order valence-corrected chi connectivity index (χ2v) is 5.03. The molecule has 0 saturated heterocycles. The van der Waals surface area contributed by atoms with E-state index >= 15 is 0 Å². The van der Waals surface area contributed by atoms with E-state index in [1.54, 1.807) is 0 Å². The number of amides is 1. The highest BCUT2D eigenvalue weighted by Crippen LogP contribution is 2.25. The van der Waals surface area contributed by atoms with Crippen molar-refractivity contribution in [3.8, 4) is 11.4 Å². The average Bonchev–Trinajstić information content (AvgIpc) is 2.91. The maximum Gasteiger partial charge on any atom is 0.224 e. The Labute approximate surface area is 118 Å². The molecule has 0 aliphatic carbocycles. The Bertz CT molecular complexity index is 633. The van der Waals surface area contributed by atoms with Crippen LogP contribution in [0.25, 0.3) is 11.4 Å². The van der Waals surface area contributed by atoms with E-state index in [0.29, 0.717) is 6.42 Å². The van der Waals surface area contributed by atoms with Crippen LogP contribution in [0, 0.1) is 0 Å². The number of nitrogens with one attached hydrogen (secondary N) is 1. The highest BCUT2D eigenvalue weighted by molar-refractivity contribution is 5.91. The molecule has 5 heteroatoms. The predicted octanol–water partition coefficient (Wildman–Crippen LogP) is 2.63. The minimum absolute atomic E-state index is 0.0189. The van der Waals surface area contributed by atoms with Gasteiger partial charge in [0, 0.05) is 30.6 Å². The molecule has 3 rings (SSSR count). The molecule has 1 N–H and O–H groups in total. The summed E-state index contributed by atoms with van der Waals surface area (Å²) in [7, 11) is 0. The maximum absolute atomic E-state index is 11.5. The Morgan fingerprint density at radius 2 is 2.25 bits per heavy atom. The van der Waals surface area contributed by atoms with Gasteiger partial charge >= 0.3 is 0 Å². The number of carbonyl (C=O) groups excluding carboxylic acids is 1. The fraction of sp³-hybridized carbons (Fsp3) is 0.400. The van der Waals surface area contributed by atoms with Crippen molar-refractivity contribution < 1.29 is 4.79 Å². The van der Waals surface area contributed by atoms with E-state index in [1.165, 1.54) is 12.8 Å². The summed E-state index contributed by atoms with van der Waals surface area (Å²) in [5.74, 6) is 1.98. The highest BCUT2D eigenvalue weighted by atomic mass is 16.1. The van der Waals surface area contributed by atoms with Gasteiger partial charge in [0.1, 0.15) is 5.82 Å². The van der Waals surface area contributed by atoms with Crippen LogP contribution in [0.1, 0.15) is 32.0 Å². The zero-order chi connectivity index (χ0) is 13.9. The molecule has 1 aliphatic heterocycles. The van der Waals surface area contributed by atoms with Gasteiger partial charge in [0.15, 0.2) is 5.82 Å². The summed E-state index contributed by atoms with van der Waals surface area (Å²) < 4.78 is 2.18. The third kappa shape index (κ3) is 2.43. The van der Waals surface area contributed by atoms with Gasteiger partial charge in [0.2, 0.25) is 5.91 Å². The van der Waals surface area contributed by atoms with Gasteiger partial charge in [0.05, 0.1) is 0 Å². The minimum Gasteiger partial charge on any atom is -0.326 e. The van der Waals surface area contributed by atoms with Crippen molar-refractivity contribution in [2.75, 3.05) is 5.32 Å². The minimum atomic E-state index is 0.0189. The fourth-order valence-electron chi connectivity index (χ4n) is 2.51. The normalized spacial score (nSPS) is 13.8. The maximum atomic E-state index is 11.5. The molecule has 0 fully saturated rings. The van der Waals surface area contributed by atoms with Gasteiger partial charge in [-0.3, -0.25) is 4.79 Å². The number of aromatic nitrogens is 3. The number of aryl methyl sites for hydroxylation is 1. The molecule has 0 bridgehead atoms. The fourth-order valence-corrected chi connectivity index (χ4v) is 2.51. The van der Waals surface area contributed by atoms with Gasteiger partial charge in [-0.2, -0.15) is 0 Å². The first-order chi connectivity index (χ1) is 9.78. The molecule has 0 atom stereocenters. The Kier molecular flexibility index (Phi) is 3.50. The van der Waals surface area contributed by atoms with E-state index < -0.39 is 0 Å². The van der Waals surface area contributed by atoms with Gasteiger partial charge < -0.3 is 9.88 Å². The number of hydrogen-bond donors (Lipinski definition) is 1. The third-order valence-electron chi connectivity index (χ3n) is 3.59. The van der Waals surface area contributed by atoms with Crippen LogP contribution in [0.3, 0.4) is 0 Å². The van der Waals surface area contributed by atoms with E-state index in [9.17, 15) is 4.79 Å². The summed E-state index contributed by atoms with van der Waals surface area (Å²) in [5.41, 5.74) is 1.81. The second kappa shape index (κ2) is 5.45. The lowest BCUT2D eigenvalue weighted by Gasteiger charge is -2.15. The number of benzene rings is 1. The van der Waals surface area contributed by atoms with Gasteiger partial charge in [-0.05, 0) is 25.0 Å². The highest BCUT2D eigenvalue weighted by Gasteiger charge is 2.17. The standard InChI is InChI=1S/C15H18N4O/c1-2-14(20)16-12-7-5-6-11(10-12)15-18-17-13-8-3-4-9-19(13)15/h5-7,10H,2-4,8-9H2,1H3,(H,16,20). The molecular formula is C15H18N4O. The topological polar surface area (TPSA) is 59.8 Å². The van der Waals surface area contributed by atoms with Gasteiger partial charge in [0.25, 0.3) is 0 Å². The molecule has 104 valence electrons. The van der Waals surface area contributed by atoms with Crippen LogP contribution >= 0.6 is 0 Å². The van der Waals surface area contributed by atoms with Crippen LogP contribution in [-0.2, 0) is 17.8 Å². The number of hydrogen-bond acceptors (Lipinski definition) is 3. The third-order valence-corrected chi connectivity index (χ3v) is 3.59. The van der Waals surface area contributed by atoms with Gasteiger partial charge in [-0.1, -0.05) is 19.1 Å². The SMILES string of the molecule is CCC(=O)Nc1cccc(-c2nnc3n2CCCC3)c1. The largest absolute Gasteiger partial charge is 0.326 e. The quantitative estimate of drug-likeness (QED) is 0.932. The lowest BCUT2D eigenvalue weighted by Crippen LogP contribution is -2.12. The Morgan fingerprint density at radius 3 is 3.10 bits per heavy atom. The van der Waals surface area contributed by atoms with Crippen LogP contribution in [0.15, 0.2) is 24.3 Å². The summed E-state index contributed by atoms with van der Waals surface area (Å²) in [5, 5.41) is 11.5. The van der Waals surface area contributed by atoms with Crippen molar-refractivity contribution in [2.45, 2.75) is 39.2 Å². The van der Waals surface area contributed by atoms with Crippen molar-refractivity contribution in [1.82, 2.24) is 14.8 Å². The lowest BCUT2D eigenvalue weighted by atomic mass is 10.1. The van der Waals surface area contributed by atoms with Crippen LogP contribution < -0.4 is 5.32 Å². The van der Waals surface area contributed by atoms with Crippen LogP contribution in [0.2, 0.25) is 0 Å². The summed E-state index contributed by atoms with van der Waals surface area (Å²) in [6.45, 7) is 2.82. The van der Waals surface area contributed by atoms with E-state index in [2.05, 4.69) is 20.1 Å². The summed E-state index contributed by atoms with van der Waals surface area (Å²) in [6, 6.07) is 7.79. The molecule has 2 aromatic rings. The number of carbonyl (C=O) groups is 1. The summed E-state index contributed by atoms with van der Waals surface area (Å²) in [6.07, 6.45) is 3.83. The molecule has 2 heterocycles. The summed E-state index contributed by atoms with van der Waals surface area (Å²) in [4.78, 5) is 11.5. The first-order valence-electron chi connectivity index (χ1n) is 7.10. The molecule has 0 radical (unpaired) electrons. The van der Waals surface area contributed by atoms with Crippen molar-refractivity contribution in [3.63, 3.8) is 0 Å². The number of rotatable bonds is 3. The van der Waals surface area contributed by atoms with Crippen LogP contribution in [0.4, 0.5) is 5.69 Å². The van der Waals surface area contributed by atoms with Crippen molar-refractivity contribution >= 4 is 11.6 Å². The average molecular weight is 270 g/mol. The molecule has 20 heavy (non-hydrogen) atoms. The monoisotopic (exact) mass is 270 g/mol. The first kappa shape index (κ1) is 12.8. The van der Waals surface area contributed by atoms with E-state index in [4.69, 9.17) is 0 Å². The van der Waals surface area contributed by atoms with Gasteiger partial charge in [-0.25, -0.2) is 0 Å². The zero-order valence-electron chi connectivity index (χ0n) is 11.6. The predicted molar refractivity (Wildman–Crippen MR) is 77.3 cm³/mol. The molecule has 0 spiro atoms. The molecular weight excluding hydrogens is 252 g/mol. The van der Waals surface area contributed by atoms with E-state index in [0.717, 1.165) is 35.9 Å². The van der Waals surface area contributed by atoms with E-state index in [1.807, 2.05) is 31.2 Å². The van der Waals surface area contributed by atoms with Crippen molar-refractivity contribution in [3.05, 3.63) is 30.1 Å². The molecule has 1 amide bonds. The molecule has 0 unspecified atom stereocenters. The Morgan fingerprint density at radius 1 is 1.35 bits per heavy atom. The van der Waals surface area contributed by atoms with Crippen molar-refractivity contribution in [2.24, 2.45) is 0 Å². The van der Waals surface area contributed by atoms with Crippen LogP contribution in [-0.4, -0.2) is 20.7 Å². The van der Waals surface area contributed by atoms with Gasteiger partial charge in [-0.15, -0.1) is 10.2 Å². The Hall–Kier alpha value is -2.17. The van der Waals surface area contributed by atoms with E-state index in [-0.39, 0.29) is 5.91 Å². The molecule has 1 aromatic carbocycles. The number of anilines is 1. The number of nitrogens with zero attached hydrogens (tertiary/aromatic N) is 3. The molecule has 5 nitrogen and oxygen atoms in total. The first-order valence-corrected chi connectivity index (χ1v) is 7.10. The number of fused-ring (bicyclic) bond motifs is 1. The molecule has 1 aromatic heterocycles. The smallest absolute Gasteiger partial charge is 0.224 e. The van der Waals surface area contributed by atoms with Crippen molar-refractivity contribution in [1.29, 1.82) is 0 Å². The summed E-state index contributed by atoms with van der Waals surface area (Å²) >= 11 is 0. The second-order valence-electron chi connectivity index (χ2n) is 5.03. The molecule has 1 aliphatic rings. The Balaban J connectivity index is 1.92.